The molecule has 8 bridgehead atoms. The molecule has 10 heteroatoms. The van der Waals surface area contributed by atoms with Crippen molar-refractivity contribution in [2.75, 3.05) is 19.8 Å². The van der Waals surface area contributed by atoms with Crippen LogP contribution in [0.2, 0.25) is 25.7 Å². The van der Waals surface area contributed by atoms with Crippen LogP contribution in [0.5, 0.6) is 11.5 Å². The molecule has 5 heterocycles. The van der Waals surface area contributed by atoms with Gasteiger partial charge >= 0.3 is 25.4 Å². The van der Waals surface area contributed by atoms with Crippen molar-refractivity contribution in [3.63, 3.8) is 0 Å². The van der Waals surface area contributed by atoms with E-state index in [2.05, 4.69) is 229 Å². The van der Waals surface area contributed by atoms with E-state index in [9.17, 15) is 4.79 Å². The molecule has 0 N–H and O–H groups in total. The molecule has 2 aliphatic rings. The SMILES string of the molecule is CCCCCCCCCCCCOc1cc(C#Cc2ccc(-c3c4nc(c(-c5c(C)cc(C)cc5C)c5ccc([n-]5)c(-c5c(C)cc(C)cc5C)c5nc(c(-c6c(C)cc(C)cc6C)c6ccc3[n-]6)C=C5)C=C4)cc2)c(OCCCCCCCCCCCC)cc1C#Cc1ccc(C(=O)OCC[Si](C)(C)C)cc1.[Zn+2]. The normalized spacial score (nSPS) is 11.7. The molecule has 0 unspecified atom stereocenters. The largest absolute Gasteiger partial charge is 2.00 e. The van der Waals surface area contributed by atoms with Crippen LogP contribution < -0.4 is 19.4 Å². The maximum atomic E-state index is 13.1. The summed E-state index contributed by atoms with van der Waals surface area (Å²) >= 11 is 0. The third-order valence-corrected chi connectivity index (χ3v) is 22.7. The van der Waals surface area contributed by atoms with Crippen LogP contribution in [0.4, 0.5) is 0 Å². The maximum absolute atomic E-state index is 13.1. The number of esters is 1. The number of rotatable bonds is 32. The number of nitrogens with zero attached hydrogens (tertiary/aromatic N) is 4. The Labute approximate surface area is 666 Å². The zero-order chi connectivity index (χ0) is 76.3. The molecule has 2 aliphatic heterocycles. The fourth-order valence-electron chi connectivity index (χ4n) is 15.6. The Balaban J connectivity index is 0.0000127. The molecule has 3 aromatic heterocycles. The van der Waals surface area contributed by atoms with Crippen molar-refractivity contribution in [1.82, 2.24) is 19.9 Å². The summed E-state index contributed by atoms with van der Waals surface area (Å²) < 4.78 is 19.3. The van der Waals surface area contributed by atoms with E-state index in [0.717, 1.165) is 166 Å². The van der Waals surface area contributed by atoms with E-state index in [4.69, 9.17) is 34.1 Å². The van der Waals surface area contributed by atoms with Crippen LogP contribution in [0.3, 0.4) is 0 Å². The van der Waals surface area contributed by atoms with Crippen LogP contribution in [0.1, 0.15) is 248 Å². The average Bonchev–Trinajstić information content (AvgIpc) is 1.65. The summed E-state index contributed by atoms with van der Waals surface area (Å²) in [5, 5.41) is 0. The van der Waals surface area contributed by atoms with E-state index in [1.54, 1.807) is 0 Å². The van der Waals surface area contributed by atoms with E-state index in [0.29, 0.717) is 36.9 Å². The van der Waals surface area contributed by atoms with Crippen molar-refractivity contribution in [1.29, 1.82) is 0 Å². The number of aromatic nitrogens is 4. The molecule has 560 valence electrons. The molecule has 0 atom stereocenters. The zero-order valence-corrected chi connectivity index (χ0v) is 71.9. The van der Waals surface area contributed by atoms with Crippen molar-refractivity contribution in [2.45, 2.75) is 230 Å². The average molecular weight is 1520 g/mol. The number of hydrogen-bond donors (Lipinski definition) is 0. The topological polar surface area (TPSA) is 98.7 Å². The first-order valence-electron chi connectivity index (χ1n) is 40.4. The molecule has 0 saturated carbocycles. The molecule has 0 fully saturated rings. The molecule has 0 radical (unpaired) electrons. The molecular formula is C99H114N4O4SiZn. The van der Waals surface area contributed by atoms with Crippen molar-refractivity contribution < 1.29 is 38.5 Å². The summed E-state index contributed by atoms with van der Waals surface area (Å²) in [6.07, 6.45) is 33.4. The van der Waals surface area contributed by atoms with Gasteiger partial charge in [-0.25, -0.2) is 14.8 Å². The monoisotopic (exact) mass is 1510 g/mol. The predicted octanol–water partition coefficient (Wildman–Crippen LogP) is 26.2. The van der Waals surface area contributed by atoms with E-state index in [-0.39, 0.29) is 25.4 Å². The fourth-order valence-corrected chi connectivity index (χ4v) is 16.3. The number of carbonyl (C=O) groups excluding carboxylic acids is 1. The van der Waals surface area contributed by atoms with Crippen molar-refractivity contribution in [2.24, 2.45) is 0 Å². The first-order valence-corrected chi connectivity index (χ1v) is 44.1. The van der Waals surface area contributed by atoms with Crippen molar-refractivity contribution in [3.8, 4) is 79.7 Å². The van der Waals surface area contributed by atoms with E-state index in [1.807, 2.05) is 36.4 Å². The van der Waals surface area contributed by atoms with Crippen LogP contribution in [0, 0.1) is 86.0 Å². The van der Waals surface area contributed by atoms with E-state index < -0.39 is 8.07 Å². The number of fused-ring (bicyclic) bond motifs is 8. The smallest absolute Gasteiger partial charge is 0.657 e. The minimum atomic E-state index is -1.36. The van der Waals surface area contributed by atoms with Gasteiger partial charge in [-0.05, 0) is 220 Å². The third-order valence-electron chi connectivity index (χ3n) is 21.0. The predicted molar refractivity (Wildman–Crippen MR) is 459 cm³/mol. The quantitative estimate of drug-likeness (QED) is 0.0178. The van der Waals surface area contributed by atoms with Crippen molar-refractivity contribution in [3.05, 3.63) is 222 Å². The Morgan fingerprint density at radius 1 is 0.367 bits per heavy atom. The van der Waals surface area contributed by atoms with Gasteiger partial charge in [0.05, 0.1) is 59.3 Å². The number of unbranched alkanes of at least 4 members (excludes halogenated alkanes) is 18. The standard InChI is InChI=1S/C99H115N4O4Si.Zn/c1-15-17-19-21-23-25-27-29-31-33-55-105-90-66-81(46-40-77-37-43-79(44-38-77)99(104)107-57-58-108(12,13)14)91(106-56-34-32-30-28-26-24-22-20-18-16-2)65-80(90)45-39-76-35-41-78(42-36-76)95-82-47-49-84(100-82)96(92-70(6)59-67(3)60-71(92)7)86-51-53-88(102-86)98(94-74(10)63-69(5)64-75(94)11)89-54-52-87(103-89)97(85-50-48-83(95)101-85)93-72(8)61-68(4)62-73(93)9;/h35-38,41-44,47-54,59-66H,15-34,55-58H2,1-14H3,(H-,100,101,102,103,104);/q-1;+2/p-1. The van der Waals surface area contributed by atoms with Crippen LogP contribution >= 0.6 is 0 Å². The molecular weight excluding hydrogens is 1400 g/mol. The van der Waals surface area contributed by atoms with E-state index >= 15 is 0 Å². The first-order chi connectivity index (χ1) is 52.2. The summed E-state index contributed by atoms with van der Waals surface area (Å²) in [5.41, 5.74) is 29.0. The second-order valence-electron chi connectivity index (χ2n) is 31.7. The zero-order valence-electron chi connectivity index (χ0n) is 68.0. The van der Waals surface area contributed by atoms with E-state index in [1.165, 1.54) is 131 Å². The Morgan fingerprint density at radius 2 is 0.679 bits per heavy atom. The summed E-state index contributed by atoms with van der Waals surface area (Å²) in [4.78, 5) is 35.9. The van der Waals surface area contributed by atoms with Crippen LogP contribution in [-0.4, -0.2) is 43.8 Å². The fraction of sp³-hybridized carbons (Fsp3) is 0.384. The van der Waals surface area contributed by atoms with Gasteiger partial charge in [0.1, 0.15) is 11.5 Å². The van der Waals surface area contributed by atoms with Gasteiger partial charge in [0.2, 0.25) is 0 Å². The van der Waals surface area contributed by atoms with Gasteiger partial charge in [0, 0.05) is 31.3 Å². The second-order valence-corrected chi connectivity index (χ2v) is 37.3. The van der Waals surface area contributed by atoms with Gasteiger partial charge in [0.25, 0.3) is 0 Å². The Bertz CT molecular complexity index is 4930. The number of hydrogen-bond acceptors (Lipinski definition) is 6. The molecule has 9 aromatic rings. The molecule has 0 amide bonds. The molecule has 8 nitrogen and oxygen atoms in total. The molecule has 0 saturated heterocycles. The van der Waals surface area contributed by atoms with Gasteiger partial charge < -0.3 is 24.2 Å². The summed E-state index contributed by atoms with van der Waals surface area (Å²) in [5.74, 6) is 15.1. The minimum absolute atomic E-state index is 0. The number of carbonyl (C=O) groups is 1. The summed E-state index contributed by atoms with van der Waals surface area (Å²) in [6, 6.07) is 43.2. The van der Waals surface area contributed by atoms with Gasteiger partial charge in [-0.2, -0.15) is 0 Å². The minimum Gasteiger partial charge on any atom is -0.657 e. The third kappa shape index (κ3) is 21.9. The Kier molecular flexibility index (Phi) is 29.9. The number of benzene rings is 6. The molecule has 0 spiro atoms. The molecule has 109 heavy (non-hydrogen) atoms. The molecule has 0 aliphatic carbocycles. The summed E-state index contributed by atoms with van der Waals surface area (Å²) in [7, 11) is -1.36. The Hall–Kier alpha value is -9.05. The van der Waals surface area contributed by atoms with Crippen LogP contribution in [-0.2, 0) is 24.2 Å². The Morgan fingerprint density at radius 3 is 1.02 bits per heavy atom. The molecule has 11 rings (SSSR count). The second kappa shape index (κ2) is 39.5. The van der Waals surface area contributed by atoms with Crippen LogP contribution in [0.15, 0.2) is 121 Å². The maximum Gasteiger partial charge on any atom is 2.00 e. The van der Waals surface area contributed by atoms with Gasteiger partial charge in [0.15, 0.2) is 0 Å². The number of ether oxygens (including phenoxy) is 3. The van der Waals surface area contributed by atoms with Crippen LogP contribution in [0.25, 0.3) is 90.9 Å². The first kappa shape index (κ1) is 82.4. The number of aryl methyl sites for hydroxylation is 9. The summed E-state index contributed by atoms with van der Waals surface area (Å²) in [6.45, 7) is 32.7. The molecule has 6 aromatic carbocycles. The van der Waals surface area contributed by atoms with Gasteiger partial charge in [-0.1, -0.05) is 262 Å². The van der Waals surface area contributed by atoms with Crippen molar-refractivity contribution >= 4 is 60.4 Å². The van der Waals surface area contributed by atoms with Gasteiger partial charge in [-0.15, -0.1) is 22.1 Å². The van der Waals surface area contributed by atoms with Gasteiger partial charge in [-0.3, -0.25) is 0 Å².